The number of aromatic nitrogens is 3. The van der Waals surface area contributed by atoms with Gasteiger partial charge in [0.15, 0.2) is 5.82 Å². The summed E-state index contributed by atoms with van der Waals surface area (Å²) in [5.41, 5.74) is 1.37. The molecule has 0 aliphatic carbocycles. The number of aryl methyl sites for hydroxylation is 1. The fourth-order valence-corrected chi connectivity index (χ4v) is 5.04. The maximum Gasteiger partial charge on any atom is 0.335 e. The summed E-state index contributed by atoms with van der Waals surface area (Å²) in [6.45, 7) is 2.17. The highest BCUT2D eigenvalue weighted by molar-refractivity contribution is 8.07. The Kier molecular flexibility index (Phi) is 4.01. The lowest BCUT2D eigenvalue weighted by atomic mass is 10.1. The first-order valence-electron chi connectivity index (χ1n) is 7.79. The minimum atomic E-state index is -0.904. The first-order valence-corrected chi connectivity index (χ1v) is 9.55. The van der Waals surface area contributed by atoms with Crippen LogP contribution >= 0.6 is 23.5 Å². The van der Waals surface area contributed by atoms with Crippen LogP contribution in [0, 0.1) is 0 Å². The van der Waals surface area contributed by atoms with E-state index >= 15 is 0 Å². The lowest BCUT2D eigenvalue weighted by molar-refractivity contribution is 0.0697. The van der Waals surface area contributed by atoms with Gasteiger partial charge in [-0.25, -0.2) is 9.47 Å². The van der Waals surface area contributed by atoms with Crippen molar-refractivity contribution in [2.24, 2.45) is 0 Å². The molecule has 1 aromatic heterocycles. The Bertz CT molecular complexity index is 816. The van der Waals surface area contributed by atoms with E-state index in [1.54, 1.807) is 35.7 Å². The Labute approximate surface area is 147 Å². The van der Waals surface area contributed by atoms with Gasteiger partial charge in [-0.05, 0) is 35.9 Å². The van der Waals surface area contributed by atoms with Gasteiger partial charge < -0.3 is 5.11 Å². The molecule has 124 valence electrons. The Balaban J connectivity index is 1.65. The van der Waals surface area contributed by atoms with Crippen LogP contribution in [0.4, 0.5) is 0 Å². The van der Waals surface area contributed by atoms with E-state index in [1.807, 2.05) is 12.1 Å². The second-order valence-corrected chi connectivity index (χ2v) is 7.57. The molecule has 2 aliphatic rings. The third-order valence-corrected chi connectivity index (χ3v) is 6.22. The number of unbranched alkanes of at least 4 members (excludes halogenated alkanes) is 1. The van der Waals surface area contributed by atoms with Crippen LogP contribution in [0.1, 0.15) is 46.9 Å². The van der Waals surface area contributed by atoms with Crippen molar-refractivity contribution in [3.05, 3.63) is 51.7 Å². The Morgan fingerprint density at radius 3 is 2.79 bits per heavy atom. The number of nitrogens with zero attached hydrogens (tertiary/aromatic N) is 4. The van der Waals surface area contributed by atoms with Crippen molar-refractivity contribution in [1.29, 1.82) is 0 Å². The van der Waals surface area contributed by atoms with Gasteiger partial charge in [0.25, 0.3) is 0 Å². The van der Waals surface area contributed by atoms with E-state index < -0.39 is 5.97 Å². The summed E-state index contributed by atoms with van der Waals surface area (Å²) in [7, 11) is 0. The van der Waals surface area contributed by atoms with Crippen molar-refractivity contribution >= 4 is 29.5 Å². The smallest absolute Gasteiger partial charge is 0.335 e. The topological polar surface area (TPSA) is 71.2 Å². The predicted octanol–water partition coefficient (Wildman–Crippen LogP) is 3.61. The molecule has 2 aromatic rings. The highest BCUT2D eigenvalue weighted by Gasteiger charge is 2.39. The molecule has 3 heterocycles. The van der Waals surface area contributed by atoms with E-state index in [-0.39, 0.29) is 5.37 Å². The maximum absolute atomic E-state index is 11.0. The van der Waals surface area contributed by atoms with Crippen LogP contribution in [0.15, 0.2) is 39.9 Å². The normalized spacial score (nSPS) is 18.5. The first-order chi connectivity index (χ1) is 11.7. The minimum absolute atomic E-state index is 0.0768. The van der Waals surface area contributed by atoms with Crippen molar-refractivity contribution in [3.63, 3.8) is 0 Å². The Hall–Kier alpha value is -1.93. The summed E-state index contributed by atoms with van der Waals surface area (Å²) in [6.07, 6.45) is 3.11. The zero-order chi connectivity index (χ0) is 16.7. The molecule has 0 spiro atoms. The van der Waals surface area contributed by atoms with Gasteiger partial charge in [0.1, 0.15) is 10.4 Å². The molecule has 0 radical (unpaired) electrons. The molecule has 1 atom stereocenters. The molecule has 0 bridgehead atoms. The molecule has 1 unspecified atom stereocenters. The van der Waals surface area contributed by atoms with Crippen LogP contribution in [0.3, 0.4) is 0 Å². The number of hydrogen-bond donors (Lipinski definition) is 1. The molecule has 1 N–H and O–H groups in total. The molecule has 8 heteroatoms. The molecule has 1 aromatic carbocycles. The van der Waals surface area contributed by atoms with Gasteiger partial charge in [-0.15, -0.1) is 10.2 Å². The number of carbonyl (C=O) groups is 1. The lowest BCUT2D eigenvalue weighted by Crippen LogP contribution is -2.30. The Morgan fingerprint density at radius 1 is 1.29 bits per heavy atom. The summed E-state index contributed by atoms with van der Waals surface area (Å²) in [4.78, 5) is 11.0. The number of carboxylic acid groups (broad SMARTS) is 1. The van der Waals surface area contributed by atoms with Gasteiger partial charge in [-0.3, -0.25) is 5.01 Å². The molecular formula is C16H16N4O2S2. The molecule has 4 rings (SSSR count). The van der Waals surface area contributed by atoms with Gasteiger partial charge in [-0.1, -0.05) is 37.2 Å². The summed E-state index contributed by atoms with van der Waals surface area (Å²) in [5, 5.41) is 24.2. The third kappa shape index (κ3) is 2.50. The fourth-order valence-electron chi connectivity index (χ4n) is 2.79. The molecule has 24 heavy (non-hydrogen) atoms. The largest absolute Gasteiger partial charge is 0.478 e. The van der Waals surface area contributed by atoms with Gasteiger partial charge in [0, 0.05) is 11.8 Å². The van der Waals surface area contributed by atoms with E-state index in [0.717, 1.165) is 40.8 Å². The van der Waals surface area contributed by atoms with Crippen molar-refractivity contribution in [2.75, 3.05) is 5.01 Å². The summed E-state index contributed by atoms with van der Waals surface area (Å²) < 4.78 is 2.11. The van der Waals surface area contributed by atoms with Crippen molar-refractivity contribution in [3.8, 4) is 0 Å². The molecular weight excluding hydrogens is 344 g/mol. The highest BCUT2D eigenvalue weighted by atomic mass is 32.2. The SMILES string of the molecule is CCCCc1nnc2n1N1C(=CSC1c1ccc(C(=O)O)cc1)S2. The van der Waals surface area contributed by atoms with Crippen LogP contribution in [0.5, 0.6) is 0 Å². The van der Waals surface area contributed by atoms with Crippen molar-refractivity contribution < 1.29 is 9.90 Å². The van der Waals surface area contributed by atoms with Gasteiger partial charge in [0.2, 0.25) is 5.16 Å². The van der Waals surface area contributed by atoms with E-state index in [4.69, 9.17) is 5.11 Å². The summed E-state index contributed by atoms with van der Waals surface area (Å²) in [6, 6.07) is 7.09. The maximum atomic E-state index is 11.0. The molecule has 0 saturated carbocycles. The number of benzene rings is 1. The van der Waals surface area contributed by atoms with E-state index in [1.165, 1.54) is 0 Å². The molecule has 0 fully saturated rings. The van der Waals surface area contributed by atoms with Crippen LogP contribution in [-0.2, 0) is 6.42 Å². The second kappa shape index (κ2) is 6.18. The molecule has 2 aliphatic heterocycles. The summed E-state index contributed by atoms with van der Waals surface area (Å²) >= 11 is 3.35. The number of fused-ring (bicyclic) bond motifs is 3. The average Bonchev–Trinajstić information content (AvgIpc) is 3.24. The lowest BCUT2D eigenvalue weighted by Gasteiger charge is -2.26. The van der Waals surface area contributed by atoms with Gasteiger partial charge in [-0.2, -0.15) is 0 Å². The zero-order valence-corrected chi connectivity index (χ0v) is 14.7. The van der Waals surface area contributed by atoms with E-state index in [0.29, 0.717) is 5.56 Å². The number of hydrogen-bond acceptors (Lipinski definition) is 6. The number of rotatable bonds is 5. The first kappa shape index (κ1) is 15.6. The molecule has 0 amide bonds. The summed E-state index contributed by atoms with van der Waals surface area (Å²) in [5.74, 6) is 0.0801. The number of thioether (sulfide) groups is 2. The van der Waals surface area contributed by atoms with E-state index in [2.05, 4.69) is 32.2 Å². The fraction of sp³-hybridized carbons (Fsp3) is 0.312. The highest BCUT2D eigenvalue weighted by Crippen LogP contribution is 2.51. The van der Waals surface area contributed by atoms with Crippen molar-refractivity contribution in [1.82, 2.24) is 14.9 Å². The standard InChI is InChI=1S/C16H16N4O2S2/c1-2-3-4-12-17-18-16-19(12)20-13(24-16)9-23-14(20)10-5-7-11(8-6-10)15(21)22/h5-9,14H,2-4H2,1H3,(H,21,22). The van der Waals surface area contributed by atoms with Gasteiger partial charge >= 0.3 is 5.97 Å². The number of carboxylic acids is 1. The van der Waals surface area contributed by atoms with E-state index in [9.17, 15) is 4.79 Å². The zero-order valence-electron chi connectivity index (χ0n) is 13.0. The monoisotopic (exact) mass is 360 g/mol. The second-order valence-electron chi connectivity index (χ2n) is 5.63. The number of aromatic carboxylic acids is 1. The average molecular weight is 360 g/mol. The van der Waals surface area contributed by atoms with Crippen LogP contribution in [0.2, 0.25) is 0 Å². The predicted molar refractivity (Wildman–Crippen MR) is 94.5 cm³/mol. The van der Waals surface area contributed by atoms with Crippen LogP contribution in [0.25, 0.3) is 0 Å². The molecule has 0 saturated heterocycles. The minimum Gasteiger partial charge on any atom is -0.478 e. The third-order valence-electron chi connectivity index (χ3n) is 4.03. The van der Waals surface area contributed by atoms with Gasteiger partial charge in [0.05, 0.1) is 5.56 Å². The van der Waals surface area contributed by atoms with Crippen LogP contribution in [-0.4, -0.2) is 25.9 Å². The van der Waals surface area contributed by atoms with Crippen LogP contribution < -0.4 is 5.01 Å². The Morgan fingerprint density at radius 2 is 2.08 bits per heavy atom. The quantitative estimate of drug-likeness (QED) is 0.873. The molecule has 6 nitrogen and oxygen atoms in total. The van der Waals surface area contributed by atoms with Crippen molar-refractivity contribution in [2.45, 2.75) is 36.7 Å².